The van der Waals surface area contributed by atoms with E-state index in [1.54, 1.807) is 52.7 Å². The Morgan fingerprint density at radius 1 is 1.16 bits per heavy atom. The zero-order chi connectivity index (χ0) is 22.1. The second kappa shape index (κ2) is 8.31. The molecule has 31 heavy (non-hydrogen) atoms. The lowest BCUT2D eigenvalue weighted by Crippen LogP contribution is -2.52. The van der Waals surface area contributed by atoms with Gasteiger partial charge in [0.2, 0.25) is 0 Å². The molecule has 162 valence electrons. The first kappa shape index (κ1) is 20.7. The average molecular weight is 425 g/mol. The van der Waals surface area contributed by atoms with Crippen molar-refractivity contribution in [3.8, 4) is 0 Å². The van der Waals surface area contributed by atoms with E-state index in [2.05, 4.69) is 20.4 Å². The molecule has 1 aliphatic rings. The number of aromatic nitrogens is 3. The van der Waals surface area contributed by atoms with Gasteiger partial charge < -0.3 is 15.1 Å². The van der Waals surface area contributed by atoms with Gasteiger partial charge in [0, 0.05) is 45.6 Å². The molecule has 0 bridgehead atoms. The standard InChI is InChI=1S/C21H24FN7O2/c1-26(2)21(31)28-10-9-27(3)17(13-28)19-25-24-18-8-7-14(12-29(18)19)20(30)23-16-6-4-5-15(22)11-16/h4-8,11-12,17H,9-10,13H2,1-3H3,(H,23,30)/t17-/m0/s1. The number of carbonyl (C=O) groups excluding carboxylic acids is 2. The maximum atomic E-state index is 13.4. The Hall–Kier alpha value is -3.53. The summed E-state index contributed by atoms with van der Waals surface area (Å²) in [6, 6.07) is 8.86. The van der Waals surface area contributed by atoms with Crippen LogP contribution in [0.25, 0.3) is 5.65 Å². The zero-order valence-corrected chi connectivity index (χ0v) is 17.6. The topological polar surface area (TPSA) is 86.1 Å². The minimum absolute atomic E-state index is 0.0536. The molecule has 9 nitrogen and oxygen atoms in total. The lowest BCUT2D eigenvalue weighted by atomic mass is 10.1. The van der Waals surface area contributed by atoms with E-state index in [9.17, 15) is 14.0 Å². The lowest BCUT2D eigenvalue weighted by Gasteiger charge is -2.39. The Morgan fingerprint density at radius 2 is 1.97 bits per heavy atom. The Bertz CT molecular complexity index is 1130. The summed E-state index contributed by atoms with van der Waals surface area (Å²) >= 11 is 0. The Labute approximate surface area is 179 Å². The molecule has 0 saturated carbocycles. The number of nitrogens with one attached hydrogen (secondary N) is 1. The largest absolute Gasteiger partial charge is 0.331 e. The van der Waals surface area contributed by atoms with Crippen LogP contribution in [0, 0.1) is 5.82 Å². The molecule has 1 saturated heterocycles. The number of carbonyl (C=O) groups is 2. The summed E-state index contributed by atoms with van der Waals surface area (Å²) in [6.07, 6.45) is 1.67. The highest BCUT2D eigenvalue weighted by Crippen LogP contribution is 2.24. The van der Waals surface area contributed by atoms with E-state index in [1.807, 2.05) is 7.05 Å². The number of fused-ring (bicyclic) bond motifs is 1. The molecule has 1 fully saturated rings. The fourth-order valence-corrected chi connectivity index (χ4v) is 3.65. The van der Waals surface area contributed by atoms with Crippen molar-refractivity contribution in [1.29, 1.82) is 0 Å². The van der Waals surface area contributed by atoms with Crippen molar-refractivity contribution in [2.45, 2.75) is 6.04 Å². The molecule has 0 spiro atoms. The average Bonchev–Trinajstić information content (AvgIpc) is 3.16. The number of halogens is 1. The molecule has 0 radical (unpaired) electrons. The van der Waals surface area contributed by atoms with Crippen LogP contribution in [0.4, 0.5) is 14.9 Å². The Morgan fingerprint density at radius 3 is 2.71 bits per heavy atom. The smallest absolute Gasteiger partial charge is 0.319 e. The molecule has 0 aliphatic carbocycles. The monoisotopic (exact) mass is 425 g/mol. The molecule has 3 heterocycles. The summed E-state index contributed by atoms with van der Waals surface area (Å²) in [7, 11) is 5.43. The first-order valence-corrected chi connectivity index (χ1v) is 9.91. The van der Waals surface area contributed by atoms with Crippen molar-refractivity contribution in [2.75, 3.05) is 46.1 Å². The van der Waals surface area contributed by atoms with Gasteiger partial charge in [-0.3, -0.25) is 14.1 Å². The normalized spacial score (nSPS) is 17.0. The van der Waals surface area contributed by atoms with Crippen molar-refractivity contribution in [3.05, 3.63) is 59.8 Å². The molecule has 1 aromatic carbocycles. The predicted octanol–water partition coefficient (Wildman–Crippen LogP) is 2.09. The number of rotatable bonds is 3. The van der Waals surface area contributed by atoms with Gasteiger partial charge >= 0.3 is 6.03 Å². The molecular weight excluding hydrogens is 401 g/mol. The van der Waals surface area contributed by atoms with Gasteiger partial charge in [-0.1, -0.05) is 6.07 Å². The SMILES string of the molecule is CN(C)C(=O)N1CCN(C)[C@H](c2nnc3ccc(C(=O)Nc4cccc(F)c4)cn23)C1. The molecule has 2 aromatic heterocycles. The summed E-state index contributed by atoms with van der Waals surface area (Å²) in [5.41, 5.74) is 1.36. The number of piperazine rings is 1. The Kier molecular flexibility index (Phi) is 5.55. The highest BCUT2D eigenvalue weighted by atomic mass is 19.1. The third-order valence-electron chi connectivity index (χ3n) is 5.37. The first-order chi connectivity index (χ1) is 14.8. The van der Waals surface area contributed by atoms with Crippen LogP contribution in [-0.2, 0) is 0 Å². The second-order valence-corrected chi connectivity index (χ2v) is 7.79. The number of nitrogens with zero attached hydrogens (tertiary/aromatic N) is 6. The van der Waals surface area contributed by atoms with Gasteiger partial charge in [0.15, 0.2) is 11.5 Å². The molecule has 1 N–H and O–H groups in total. The predicted molar refractivity (Wildman–Crippen MR) is 113 cm³/mol. The molecule has 1 aliphatic heterocycles. The second-order valence-electron chi connectivity index (χ2n) is 7.79. The molecule has 3 aromatic rings. The fourth-order valence-electron chi connectivity index (χ4n) is 3.65. The van der Waals surface area contributed by atoms with Crippen LogP contribution < -0.4 is 5.32 Å². The third kappa shape index (κ3) is 4.19. The van der Waals surface area contributed by atoms with Crippen LogP contribution in [0.2, 0.25) is 0 Å². The van der Waals surface area contributed by atoms with E-state index in [0.717, 1.165) is 0 Å². The van der Waals surface area contributed by atoms with Gasteiger partial charge in [0.1, 0.15) is 5.82 Å². The van der Waals surface area contributed by atoms with Gasteiger partial charge in [-0.05, 0) is 37.4 Å². The van der Waals surface area contributed by atoms with Gasteiger partial charge in [-0.25, -0.2) is 9.18 Å². The fraction of sp³-hybridized carbons (Fsp3) is 0.333. The minimum Gasteiger partial charge on any atom is -0.331 e. The number of anilines is 1. The number of urea groups is 1. The molecule has 3 amide bonds. The van der Waals surface area contributed by atoms with Gasteiger partial charge in [0.25, 0.3) is 5.91 Å². The summed E-state index contributed by atoms with van der Waals surface area (Å²) < 4.78 is 15.2. The summed E-state index contributed by atoms with van der Waals surface area (Å²) in [5.74, 6) is -0.144. The van der Waals surface area contributed by atoms with Crippen LogP contribution in [0.5, 0.6) is 0 Å². The number of benzene rings is 1. The van der Waals surface area contributed by atoms with Crippen LogP contribution in [0.15, 0.2) is 42.6 Å². The molecule has 1 atom stereocenters. The minimum atomic E-state index is -0.425. The summed E-state index contributed by atoms with van der Waals surface area (Å²) in [5, 5.41) is 11.3. The van der Waals surface area contributed by atoms with E-state index in [1.165, 1.54) is 18.2 Å². The third-order valence-corrected chi connectivity index (χ3v) is 5.37. The van der Waals surface area contributed by atoms with Crippen molar-refractivity contribution in [3.63, 3.8) is 0 Å². The van der Waals surface area contributed by atoms with Crippen LogP contribution in [0.3, 0.4) is 0 Å². The molecule has 4 rings (SSSR count). The molecular formula is C21H24FN7O2. The highest BCUT2D eigenvalue weighted by Gasteiger charge is 2.32. The van der Waals surface area contributed by atoms with E-state index in [4.69, 9.17) is 0 Å². The van der Waals surface area contributed by atoms with Crippen LogP contribution in [0.1, 0.15) is 22.2 Å². The van der Waals surface area contributed by atoms with E-state index >= 15 is 0 Å². The van der Waals surface area contributed by atoms with Crippen molar-refractivity contribution in [2.24, 2.45) is 0 Å². The quantitative estimate of drug-likeness (QED) is 0.695. The number of likely N-dealkylation sites (N-methyl/N-ethyl adjacent to an activating group) is 1. The lowest BCUT2D eigenvalue weighted by molar-refractivity contribution is 0.0933. The van der Waals surface area contributed by atoms with Gasteiger partial charge in [0.05, 0.1) is 11.6 Å². The van der Waals surface area contributed by atoms with E-state index in [0.29, 0.717) is 42.4 Å². The maximum Gasteiger partial charge on any atom is 0.319 e. The maximum absolute atomic E-state index is 13.4. The van der Waals surface area contributed by atoms with E-state index < -0.39 is 5.82 Å². The highest BCUT2D eigenvalue weighted by molar-refractivity contribution is 6.04. The van der Waals surface area contributed by atoms with Crippen molar-refractivity contribution in [1.82, 2.24) is 29.3 Å². The van der Waals surface area contributed by atoms with Crippen molar-refractivity contribution < 1.29 is 14.0 Å². The molecule has 10 heteroatoms. The van der Waals surface area contributed by atoms with Crippen molar-refractivity contribution >= 4 is 23.3 Å². The Balaban J connectivity index is 1.62. The van der Waals surface area contributed by atoms with Gasteiger partial charge in [-0.2, -0.15) is 0 Å². The van der Waals surface area contributed by atoms with Crippen LogP contribution >= 0.6 is 0 Å². The number of hydrogen-bond acceptors (Lipinski definition) is 5. The zero-order valence-electron chi connectivity index (χ0n) is 17.6. The van der Waals surface area contributed by atoms with Gasteiger partial charge in [-0.15, -0.1) is 10.2 Å². The van der Waals surface area contributed by atoms with Crippen LogP contribution in [-0.4, -0.2) is 82.0 Å². The number of pyridine rings is 1. The van der Waals surface area contributed by atoms with E-state index in [-0.39, 0.29) is 18.0 Å². The summed E-state index contributed by atoms with van der Waals surface area (Å²) in [6.45, 7) is 1.79. The number of hydrogen-bond donors (Lipinski definition) is 1. The first-order valence-electron chi connectivity index (χ1n) is 9.91. The summed E-state index contributed by atoms with van der Waals surface area (Å²) in [4.78, 5) is 30.6. The number of amides is 3. The molecule has 0 unspecified atom stereocenters.